The van der Waals surface area contributed by atoms with Crippen molar-refractivity contribution in [1.29, 1.82) is 0 Å². The Labute approximate surface area is 177 Å². The summed E-state index contributed by atoms with van der Waals surface area (Å²) in [4.78, 5) is 24.5. The normalized spacial score (nSPS) is 18.7. The van der Waals surface area contributed by atoms with Crippen molar-refractivity contribution in [3.63, 3.8) is 0 Å². The Morgan fingerprint density at radius 3 is 2.77 bits per heavy atom. The van der Waals surface area contributed by atoms with Crippen molar-refractivity contribution < 1.29 is 9.18 Å². The fourth-order valence-corrected chi connectivity index (χ4v) is 4.05. The molecule has 0 bridgehead atoms. The van der Waals surface area contributed by atoms with Crippen LogP contribution in [0.1, 0.15) is 36.0 Å². The number of nitrogens with zero attached hydrogens (tertiary/aromatic N) is 3. The number of carbonyl (C=O) groups is 1. The summed E-state index contributed by atoms with van der Waals surface area (Å²) in [7, 11) is 0. The first-order valence-electron chi connectivity index (χ1n) is 9.65. The van der Waals surface area contributed by atoms with Crippen LogP contribution < -0.4 is 22.1 Å². The predicted molar refractivity (Wildman–Crippen MR) is 115 cm³/mol. The van der Waals surface area contributed by atoms with Crippen molar-refractivity contribution in [2.24, 2.45) is 11.5 Å². The minimum absolute atomic E-state index is 0.00489. The molecule has 2 aromatic heterocycles. The van der Waals surface area contributed by atoms with Gasteiger partial charge in [-0.2, -0.15) is 4.98 Å². The molecule has 1 aromatic carbocycles. The summed E-state index contributed by atoms with van der Waals surface area (Å²) in [5.74, 6) is -0.773. The van der Waals surface area contributed by atoms with E-state index in [-0.39, 0.29) is 29.2 Å². The van der Waals surface area contributed by atoms with Crippen molar-refractivity contribution in [2.45, 2.75) is 37.8 Å². The van der Waals surface area contributed by atoms with Gasteiger partial charge in [0.25, 0.3) is 5.91 Å². The summed E-state index contributed by atoms with van der Waals surface area (Å²) in [6, 6.07) is 4.74. The van der Waals surface area contributed by atoms with Crippen molar-refractivity contribution >= 4 is 34.7 Å². The van der Waals surface area contributed by atoms with Crippen molar-refractivity contribution in [3.05, 3.63) is 46.7 Å². The predicted octanol–water partition coefficient (Wildman–Crippen LogP) is 3.26. The lowest BCUT2D eigenvalue weighted by atomic mass is 9.91. The number of aromatic nitrogens is 3. The zero-order chi connectivity index (χ0) is 21.1. The number of primary amides is 1. The van der Waals surface area contributed by atoms with E-state index in [2.05, 4.69) is 25.6 Å². The molecule has 8 nitrogen and oxygen atoms in total. The lowest BCUT2D eigenvalue weighted by Gasteiger charge is -2.29. The van der Waals surface area contributed by atoms with Gasteiger partial charge in [0.15, 0.2) is 0 Å². The highest BCUT2D eigenvalue weighted by molar-refractivity contribution is 7.07. The number of anilines is 3. The topological polar surface area (TPSA) is 132 Å². The van der Waals surface area contributed by atoms with E-state index in [1.54, 1.807) is 17.6 Å². The molecular weight excluding hydrogens is 405 g/mol. The van der Waals surface area contributed by atoms with Crippen LogP contribution in [0.15, 0.2) is 35.3 Å². The van der Waals surface area contributed by atoms with Crippen LogP contribution in [0.3, 0.4) is 0 Å². The van der Waals surface area contributed by atoms with Gasteiger partial charge in [-0.05, 0) is 25.0 Å². The number of carbonyl (C=O) groups excluding carboxylic acids is 1. The van der Waals surface area contributed by atoms with Crippen LogP contribution in [0.5, 0.6) is 0 Å². The van der Waals surface area contributed by atoms with Crippen molar-refractivity contribution in [3.8, 4) is 11.3 Å². The second kappa shape index (κ2) is 8.72. The van der Waals surface area contributed by atoms with Crippen LogP contribution in [0.2, 0.25) is 0 Å². The van der Waals surface area contributed by atoms with Crippen LogP contribution in [0.4, 0.5) is 21.8 Å². The molecule has 156 valence electrons. The monoisotopic (exact) mass is 427 g/mol. The molecule has 1 saturated carbocycles. The molecule has 6 N–H and O–H groups in total. The first kappa shape index (κ1) is 20.2. The largest absolute Gasteiger partial charge is 0.365 e. The maximum Gasteiger partial charge on any atom is 0.254 e. The molecule has 1 aliphatic carbocycles. The summed E-state index contributed by atoms with van der Waals surface area (Å²) in [5, 5.41) is 7.93. The molecule has 0 spiro atoms. The lowest BCUT2D eigenvalue weighted by molar-refractivity contribution is 0.100. The molecular formula is C20H22FN7OS. The van der Waals surface area contributed by atoms with Gasteiger partial charge in [-0.15, -0.1) is 11.3 Å². The average molecular weight is 428 g/mol. The van der Waals surface area contributed by atoms with Crippen molar-refractivity contribution in [2.75, 3.05) is 10.6 Å². The molecule has 0 saturated heterocycles. The number of nitrogens with two attached hydrogens (primary N) is 2. The minimum Gasteiger partial charge on any atom is -0.365 e. The van der Waals surface area contributed by atoms with E-state index in [0.29, 0.717) is 17.2 Å². The number of thiazole rings is 1. The maximum atomic E-state index is 14.7. The quantitative estimate of drug-likeness (QED) is 0.475. The van der Waals surface area contributed by atoms with Gasteiger partial charge < -0.3 is 22.1 Å². The van der Waals surface area contributed by atoms with E-state index < -0.39 is 11.7 Å². The lowest BCUT2D eigenvalue weighted by Crippen LogP contribution is -2.43. The summed E-state index contributed by atoms with van der Waals surface area (Å²) in [6.45, 7) is 0. The second-order valence-electron chi connectivity index (χ2n) is 7.21. The van der Waals surface area contributed by atoms with E-state index in [9.17, 15) is 9.18 Å². The zero-order valence-electron chi connectivity index (χ0n) is 16.1. The Kier molecular flexibility index (Phi) is 5.86. The van der Waals surface area contributed by atoms with E-state index in [1.807, 2.05) is 5.38 Å². The van der Waals surface area contributed by atoms with Gasteiger partial charge in [0, 0.05) is 29.2 Å². The molecule has 0 aliphatic heterocycles. The molecule has 1 aliphatic rings. The molecule has 0 radical (unpaired) electrons. The van der Waals surface area contributed by atoms with E-state index in [0.717, 1.165) is 25.7 Å². The Morgan fingerprint density at radius 1 is 1.23 bits per heavy atom. The maximum absolute atomic E-state index is 14.7. The highest BCUT2D eigenvalue weighted by atomic mass is 32.1. The van der Waals surface area contributed by atoms with Gasteiger partial charge in [0.2, 0.25) is 5.95 Å². The van der Waals surface area contributed by atoms with Gasteiger partial charge in [0.1, 0.15) is 17.2 Å². The summed E-state index contributed by atoms with van der Waals surface area (Å²) < 4.78 is 14.7. The molecule has 2 heterocycles. The zero-order valence-corrected chi connectivity index (χ0v) is 17.0. The second-order valence-corrected chi connectivity index (χ2v) is 7.93. The SMILES string of the molecule is NC(=O)c1cnc(N[C@@H]2CCCC[C@@H]2N)nc1Nc1ccc(-c2cscn2)cc1F. The summed E-state index contributed by atoms with van der Waals surface area (Å²) in [5.41, 5.74) is 14.9. The molecule has 3 aromatic rings. The van der Waals surface area contributed by atoms with E-state index >= 15 is 0 Å². The molecule has 4 rings (SSSR count). The van der Waals surface area contributed by atoms with Gasteiger partial charge in [-0.25, -0.2) is 14.4 Å². The van der Waals surface area contributed by atoms with E-state index in [4.69, 9.17) is 11.5 Å². The first-order chi connectivity index (χ1) is 14.5. The number of benzene rings is 1. The number of hydrogen-bond acceptors (Lipinski definition) is 8. The third kappa shape index (κ3) is 4.39. The summed E-state index contributed by atoms with van der Waals surface area (Å²) in [6.07, 6.45) is 5.35. The Bertz CT molecular complexity index is 1040. The smallest absolute Gasteiger partial charge is 0.254 e. The molecule has 1 amide bonds. The standard InChI is InChI=1S/C20H22FN7OS/c21-13-7-11(17-9-30-10-25-17)5-6-15(13)26-19-12(18(23)29)8-24-20(28-19)27-16-4-2-1-3-14(16)22/h5-10,14,16H,1-4,22H2,(H2,23,29)(H2,24,26,27,28)/t14-,16+/m0/s1. The van der Waals surface area contributed by atoms with Crippen LogP contribution in [0.25, 0.3) is 11.3 Å². The number of amides is 1. The first-order valence-corrected chi connectivity index (χ1v) is 10.6. The molecule has 2 atom stereocenters. The van der Waals surface area contributed by atoms with E-state index in [1.165, 1.54) is 23.6 Å². The van der Waals surface area contributed by atoms with Crippen LogP contribution in [-0.2, 0) is 0 Å². The Balaban J connectivity index is 1.59. The molecule has 30 heavy (non-hydrogen) atoms. The highest BCUT2D eigenvalue weighted by Crippen LogP contribution is 2.27. The number of hydrogen-bond donors (Lipinski definition) is 4. The molecule has 1 fully saturated rings. The number of halogens is 1. The van der Waals surface area contributed by atoms with Gasteiger partial charge in [-0.1, -0.05) is 18.9 Å². The number of nitrogens with one attached hydrogen (secondary N) is 2. The van der Waals surface area contributed by atoms with Gasteiger partial charge in [0.05, 0.1) is 16.9 Å². The van der Waals surface area contributed by atoms with Crippen LogP contribution in [-0.4, -0.2) is 32.9 Å². The van der Waals surface area contributed by atoms with Gasteiger partial charge in [-0.3, -0.25) is 4.79 Å². The van der Waals surface area contributed by atoms with Crippen molar-refractivity contribution in [1.82, 2.24) is 15.0 Å². The fourth-order valence-electron chi connectivity index (χ4n) is 3.49. The molecule has 10 heteroatoms. The highest BCUT2D eigenvalue weighted by Gasteiger charge is 2.23. The third-order valence-corrected chi connectivity index (χ3v) is 5.72. The third-order valence-electron chi connectivity index (χ3n) is 5.14. The average Bonchev–Trinajstić information content (AvgIpc) is 3.26. The summed E-state index contributed by atoms with van der Waals surface area (Å²) >= 11 is 1.43. The number of rotatable bonds is 6. The Morgan fingerprint density at radius 2 is 2.07 bits per heavy atom. The fraction of sp³-hybridized carbons (Fsp3) is 0.300. The van der Waals surface area contributed by atoms with Crippen LogP contribution in [0, 0.1) is 5.82 Å². The molecule has 0 unspecified atom stereocenters. The van der Waals surface area contributed by atoms with Crippen LogP contribution >= 0.6 is 11.3 Å². The Hall–Kier alpha value is -3.11. The minimum atomic E-state index is -0.710. The van der Waals surface area contributed by atoms with Gasteiger partial charge >= 0.3 is 0 Å².